The van der Waals surface area contributed by atoms with Gasteiger partial charge in [0.2, 0.25) is 0 Å². The average molecular weight is 830 g/mol. The third kappa shape index (κ3) is 10.9. The second-order valence-electron chi connectivity index (χ2n) is 12.4. The van der Waals surface area contributed by atoms with E-state index in [1.54, 1.807) is 55.5 Å². The van der Waals surface area contributed by atoms with Crippen LogP contribution in [-0.2, 0) is 30.4 Å². The van der Waals surface area contributed by atoms with E-state index >= 15 is 0 Å². The first-order valence-corrected chi connectivity index (χ1v) is 20.3. The number of fused-ring (bicyclic) bond motifs is 1. The number of para-hydroxylation sites is 1. The van der Waals surface area contributed by atoms with Crippen LogP contribution < -0.4 is 44.3 Å². The van der Waals surface area contributed by atoms with Gasteiger partial charge in [-0.25, -0.2) is 16.8 Å². The summed E-state index contributed by atoms with van der Waals surface area (Å²) in [6.45, 7) is 5.87. The summed E-state index contributed by atoms with van der Waals surface area (Å²) in [7, 11) is -7.39. The molecule has 0 aromatic heterocycles. The summed E-state index contributed by atoms with van der Waals surface area (Å²) in [5, 5.41) is 31.6. The topological polar surface area (TPSA) is 201 Å². The second kappa shape index (κ2) is 19.2. The van der Waals surface area contributed by atoms with Gasteiger partial charge in [-0.15, -0.1) is 10.2 Å². The van der Waals surface area contributed by atoms with E-state index in [-0.39, 0.29) is 57.0 Å². The van der Waals surface area contributed by atoms with E-state index < -0.39 is 36.3 Å². The molecule has 0 heterocycles. The Bertz CT molecular complexity index is 2700. The number of aryl methyl sites for hydroxylation is 1. The van der Waals surface area contributed by atoms with E-state index in [2.05, 4.69) is 32.4 Å². The van der Waals surface area contributed by atoms with Gasteiger partial charge in [0.15, 0.2) is 15.6 Å². The summed E-state index contributed by atoms with van der Waals surface area (Å²) >= 11 is 0. The van der Waals surface area contributed by atoms with Crippen LogP contribution in [0, 0.1) is 6.92 Å². The first-order chi connectivity index (χ1) is 27.3. The molecule has 292 valence electrons. The molecule has 0 aliphatic heterocycles. The number of ether oxygens (including phenoxy) is 3. The van der Waals surface area contributed by atoms with Crippen LogP contribution in [0.2, 0.25) is 0 Å². The van der Waals surface area contributed by atoms with Crippen LogP contribution in [0.25, 0.3) is 10.8 Å². The molecule has 0 radical (unpaired) electrons. The van der Waals surface area contributed by atoms with E-state index in [0.29, 0.717) is 52.5 Å². The maximum atomic E-state index is 13.1. The quantitative estimate of drug-likeness (QED) is 0.0341. The van der Waals surface area contributed by atoms with Crippen molar-refractivity contribution in [3.8, 4) is 17.2 Å². The first kappa shape index (κ1) is 43.5. The number of methoxy groups -OCH3 is 1. The predicted molar refractivity (Wildman–Crippen MR) is 215 cm³/mol. The molecule has 14 nitrogen and oxygen atoms in total. The Morgan fingerprint density at radius 2 is 1.50 bits per heavy atom. The number of anilines is 2. The van der Waals surface area contributed by atoms with Crippen LogP contribution in [0.1, 0.15) is 11.1 Å². The molecule has 2 N–H and O–H groups in total. The maximum absolute atomic E-state index is 13.1. The molecule has 6 rings (SSSR count). The third-order valence-electron chi connectivity index (χ3n) is 8.47. The Labute approximate surface area is 357 Å². The van der Waals surface area contributed by atoms with Crippen molar-refractivity contribution in [1.82, 2.24) is 0 Å². The summed E-state index contributed by atoms with van der Waals surface area (Å²) < 4.78 is 79.4. The Morgan fingerprint density at radius 3 is 2.17 bits per heavy atom. The SMILES string of the molecule is C=COCCOc1ccc(CS(=O)(=O)c2ccc(N=Nc3cc(OC)c(N=Nc4c(S(=O)(=O)[O-])cc5cc(Nc6ccccc6)ccc5c4O)cc3C)cc2)cc1.[Na+]. The number of nitrogens with zero attached hydrogens (tertiary/aromatic N) is 4. The first-order valence-electron chi connectivity index (χ1n) is 17.2. The molecule has 17 heteroatoms. The molecule has 0 saturated carbocycles. The molecule has 0 saturated heterocycles. The van der Waals surface area contributed by atoms with Crippen molar-refractivity contribution < 1.29 is 70.3 Å². The van der Waals surface area contributed by atoms with Crippen molar-refractivity contribution >= 4 is 64.9 Å². The summed E-state index contributed by atoms with van der Waals surface area (Å²) in [4.78, 5) is -0.634. The van der Waals surface area contributed by atoms with Gasteiger partial charge >= 0.3 is 29.6 Å². The van der Waals surface area contributed by atoms with Crippen molar-refractivity contribution in [3.05, 3.63) is 139 Å². The zero-order valence-electron chi connectivity index (χ0n) is 31.7. The smallest absolute Gasteiger partial charge is 0.744 e. The monoisotopic (exact) mass is 829 g/mol. The molecule has 0 spiro atoms. The standard InChI is InChI=1S/C41H37N5O9S2.Na/c1-4-54-20-21-55-33-15-10-28(11-16-33)26-56(48,49)34-17-12-31(13-18-34)43-44-36-25-38(53-3)37(22-27(36)2)45-46-40-39(57(50,51)52)24-29-23-32(14-19-35(29)41(40)47)42-30-8-6-5-7-9-30;/h4-19,22-25,42,47H,1,20-21,26H2,2-3H3,(H,50,51,52);/q;+1/p-1. The molecule has 0 aliphatic carbocycles. The number of phenols is 1. The average Bonchev–Trinajstić information content (AvgIpc) is 3.19. The number of nitrogens with one attached hydrogen (secondary N) is 1. The summed E-state index contributed by atoms with van der Waals surface area (Å²) in [5.74, 6) is 0.0246. The summed E-state index contributed by atoms with van der Waals surface area (Å²) in [5.41, 5.74) is 2.97. The molecule has 0 unspecified atom stereocenters. The van der Waals surface area contributed by atoms with Crippen molar-refractivity contribution in [3.63, 3.8) is 0 Å². The third-order valence-corrected chi connectivity index (χ3v) is 11.0. The summed E-state index contributed by atoms with van der Waals surface area (Å²) in [6, 6.07) is 31.1. The van der Waals surface area contributed by atoms with Gasteiger partial charge in [0.25, 0.3) is 0 Å². The Morgan fingerprint density at radius 1 is 0.793 bits per heavy atom. The van der Waals surface area contributed by atoms with Gasteiger partial charge in [0.1, 0.15) is 46.2 Å². The Kier molecular flexibility index (Phi) is 14.4. The van der Waals surface area contributed by atoms with E-state index in [9.17, 15) is 26.5 Å². The van der Waals surface area contributed by atoms with Crippen LogP contribution in [0.3, 0.4) is 0 Å². The molecule has 0 fully saturated rings. The molecular weight excluding hydrogens is 794 g/mol. The number of hydrogen-bond acceptors (Lipinski definition) is 14. The largest absolute Gasteiger partial charge is 1.00 e. The Balaban J connectivity index is 0.00000641. The van der Waals surface area contributed by atoms with Gasteiger partial charge in [-0.3, -0.25) is 0 Å². The van der Waals surface area contributed by atoms with E-state index in [1.165, 1.54) is 43.7 Å². The fraction of sp³-hybridized carbons (Fsp3) is 0.122. The second-order valence-corrected chi connectivity index (χ2v) is 15.8. The van der Waals surface area contributed by atoms with Gasteiger partial charge < -0.3 is 29.2 Å². The fourth-order valence-electron chi connectivity index (χ4n) is 5.63. The molecule has 0 atom stereocenters. The Hall–Kier alpha value is -5.62. The minimum absolute atomic E-state index is 0. The normalized spacial score (nSPS) is 11.7. The maximum Gasteiger partial charge on any atom is 1.00 e. The van der Waals surface area contributed by atoms with Gasteiger partial charge in [0, 0.05) is 22.8 Å². The molecule has 6 aromatic carbocycles. The zero-order valence-corrected chi connectivity index (χ0v) is 35.3. The van der Waals surface area contributed by atoms with Crippen LogP contribution in [0.4, 0.5) is 34.1 Å². The van der Waals surface area contributed by atoms with Gasteiger partial charge in [-0.05, 0) is 102 Å². The molecule has 0 aliphatic rings. The van der Waals surface area contributed by atoms with Crippen LogP contribution in [0.5, 0.6) is 17.2 Å². The van der Waals surface area contributed by atoms with Crippen LogP contribution in [0.15, 0.2) is 158 Å². The number of phenolic OH excluding ortho intramolecular Hbond substituents is 1. The molecule has 0 bridgehead atoms. The molecule has 58 heavy (non-hydrogen) atoms. The van der Waals surface area contributed by atoms with Gasteiger partial charge in [-0.2, -0.15) is 10.2 Å². The van der Waals surface area contributed by atoms with E-state index in [0.717, 1.165) is 11.8 Å². The van der Waals surface area contributed by atoms with Crippen molar-refractivity contribution in [2.24, 2.45) is 20.5 Å². The summed E-state index contributed by atoms with van der Waals surface area (Å²) in [6.07, 6.45) is 1.33. The van der Waals surface area contributed by atoms with Crippen molar-refractivity contribution in [1.29, 1.82) is 0 Å². The molecule has 0 amide bonds. The van der Waals surface area contributed by atoms with E-state index in [4.69, 9.17) is 14.2 Å². The predicted octanol–water partition coefficient (Wildman–Crippen LogP) is 6.86. The number of sulfone groups is 1. The van der Waals surface area contributed by atoms with Crippen molar-refractivity contribution in [2.45, 2.75) is 22.5 Å². The number of benzene rings is 6. The number of azo groups is 2. The minimum atomic E-state index is -5.10. The van der Waals surface area contributed by atoms with Gasteiger partial charge in [0.05, 0.1) is 40.3 Å². The number of hydrogen-bond donors (Lipinski definition) is 2. The number of rotatable bonds is 16. The zero-order chi connectivity index (χ0) is 40.6. The van der Waals surface area contributed by atoms with E-state index in [1.807, 2.05) is 30.3 Å². The fourth-order valence-corrected chi connectivity index (χ4v) is 7.62. The van der Waals surface area contributed by atoms with Crippen LogP contribution in [-0.4, -0.2) is 46.8 Å². The minimum Gasteiger partial charge on any atom is -0.744 e. The van der Waals surface area contributed by atoms with Crippen LogP contribution >= 0.6 is 0 Å². The van der Waals surface area contributed by atoms with Gasteiger partial charge in [-0.1, -0.05) is 36.9 Å². The molecule has 6 aromatic rings. The van der Waals surface area contributed by atoms with Crippen molar-refractivity contribution in [2.75, 3.05) is 25.6 Å². The number of aromatic hydroxyl groups is 1. The molecular formula is C41H36N5NaO9S2.